The second-order valence-electron chi connectivity index (χ2n) is 8.48. The number of amides is 1. The average Bonchev–Trinajstić information content (AvgIpc) is 3.47. The van der Waals surface area contributed by atoms with Gasteiger partial charge in [0, 0.05) is 13.1 Å². The summed E-state index contributed by atoms with van der Waals surface area (Å²) in [6.45, 7) is 6.83. The Hall–Kier alpha value is -4.11. The first-order valence-corrected chi connectivity index (χ1v) is 11.8. The fraction of sp³-hybridized carbons (Fsp3) is 0.192. The van der Waals surface area contributed by atoms with Gasteiger partial charge in [-0.25, -0.2) is 9.97 Å². The maximum atomic E-state index is 13.4. The molecule has 176 valence electrons. The van der Waals surface area contributed by atoms with Crippen LogP contribution in [0.2, 0.25) is 0 Å². The van der Waals surface area contributed by atoms with Gasteiger partial charge in [0.25, 0.3) is 5.78 Å². The first-order chi connectivity index (χ1) is 16.7. The number of aliphatic hydroxyl groups is 1. The molecule has 4 aromatic rings. The molecule has 1 saturated heterocycles. The van der Waals surface area contributed by atoms with Crippen molar-refractivity contribution in [1.29, 1.82) is 0 Å². The van der Waals surface area contributed by atoms with Crippen LogP contribution < -0.4 is 4.90 Å². The van der Waals surface area contributed by atoms with E-state index in [1.165, 1.54) is 11.8 Å². The van der Waals surface area contributed by atoms with Crippen molar-refractivity contribution in [3.63, 3.8) is 0 Å². The predicted molar refractivity (Wildman–Crippen MR) is 133 cm³/mol. The largest absolute Gasteiger partial charge is 0.505 e. The highest BCUT2D eigenvalue weighted by molar-refractivity contribution is 7.18. The molecule has 8 nitrogen and oxygen atoms in total. The van der Waals surface area contributed by atoms with Gasteiger partial charge in [-0.05, 0) is 38.0 Å². The normalized spacial score (nSPS) is 17.5. The zero-order chi connectivity index (χ0) is 25.0. The predicted octanol–water partition coefficient (Wildman–Crippen LogP) is 4.54. The third-order valence-corrected chi connectivity index (χ3v) is 7.44. The Labute approximate surface area is 205 Å². The van der Waals surface area contributed by atoms with Crippen LogP contribution in [0.3, 0.4) is 0 Å². The lowest BCUT2D eigenvalue weighted by atomic mass is 9.96. The van der Waals surface area contributed by atoms with Gasteiger partial charge in [-0.2, -0.15) is 0 Å². The van der Waals surface area contributed by atoms with Crippen molar-refractivity contribution in [2.24, 2.45) is 0 Å². The van der Waals surface area contributed by atoms with E-state index in [2.05, 4.69) is 9.97 Å². The molecular formula is C26H22N4O4S. The number of pyridine rings is 1. The summed E-state index contributed by atoms with van der Waals surface area (Å²) in [7, 11) is 0. The number of nitrogens with zero attached hydrogens (tertiary/aromatic N) is 4. The highest BCUT2D eigenvalue weighted by atomic mass is 32.1. The lowest BCUT2D eigenvalue weighted by Crippen LogP contribution is -2.29. The molecule has 0 radical (unpaired) electrons. The highest BCUT2D eigenvalue weighted by Gasteiger charge is 2.48. The van der Waals surface area contributed by atoms with Crippen LogP contribution in [0.1, 0.15) is 50.8 Å². The van der Waals surface area contributed by atoms with E-state index in [1.54, 1.807) is 38.1 Å². The smallest absolute Gasteiger partial charge is 0.301 e. The number of anilines is 1. The first kappa shape index (κ1) is 22.7. The minimum Gasteiger partial charge on any atom is -0.505 e. The Balaban J connectivity index is 1.76. The summed E-state index contributed by atoms with van der Waals surface area (Å²) in [5.41, 5.74) is 3.48. The highest BCUT2D eigenvalue weighted by Crippen LogP contribution is 2.44. The number of hydrogen-bond donors (Lipinski definition) is 1. The molecular weight excluding hydrogens is 464 g/mol. The summed E-state index contributed by atoms with van der Waals surface area (Å²) in [6, 6.07) is 11.8. The number of fused-ring (bicyclic) bond motifs is 1. The number of aryl methyl sites for hydroxylation is 3. The Morgan fingerprint density at radius 2 is 1.74 bits per heavy atom. The van der Waals surface area contributed by atoms with Gasteiger partial charge >= 0.3 is 5.91 Å². The minimum absolute atomic E-state index is 0.0670. The van der Waals surface area contributed by atoms with Crippen molar-refractivity contribution in [2.45, 2.75) is 33.7 Å². The second kappa shape index (κ2) is 8.28. The number of aromatic nitrogens is 3. The molecule has 1 atom stereocenters. The fourth-order valence-corrected chi connectivity index (χ4v) is 5.46. The number of carbonyl (C=O) groups excluding carboxylic acids is 3. The van der Waals surface area contributed by atoms with Crippen LogP contribution in [0.15, 0.2) is 54.2 Å². The van der Waals surface area contributed by atoms with Gasteiger partial charge in [0.1, 0.15) is 11.3 Å². The van der Waals surface area contributed by atoms with E-state index in [0.29, 0.717) is 27.5 Å². The van der Waals surface area contributed by atoms with Crippen LogP contribution in [0.25, 0.3) is 11.4 Å². The molecule has 1 N–H and O–H groups in total. The van der Waals surface area contributed by atoms with Crippen molar-refractivity contribution in [1.82, 2.24) is 14.4 Å². The van der Waals surface area contributed by atoms with Gasteiger partial charge in [-0.1, -0.05) is 47.7 Å². The summed E-state index contributed by atoms with van der Waals surface area (Å²) in [4.78, 5) is 49.5. The van der Waals surface area contributed by atoms with E-state index in [4.69, 9.17) is 0 Å². The number of benzene rings is 1. The zero-order valence-corrected chi connectivity index (χ0v) is 20.4. The van der Waals surface area contributed by atoms with Crippen molar-refractivity contribution >= 4 is 45.3 Å². The maximum Gasteiger partial charge on any atom is 0.301 e. The van der Waals surface area contributed by atoms with Gasteiger partial charge in [-0.3, -0.25) is 19.3 Å². The SMILES string of the molecule is CC(=O)c1sc(N2C(=O)C(=O)/C(=C(/O)c3nc4c(C)cccn4c3C)C2c2ccccc2)nc1C. The number of rotatable bonds is 4. The molecule has 1 fully saturated rings. The molecule has 1 amide bonds. The molecule has 1 aromatic carbocycles. The molecule has 9 heteroatoms. The molecule has 1 aliphatic heterocycles. The Morgan fingerprint density at radius 1 is 1.03 bits per heavy atom. The van der Waals surface area contributed by atoms with Crippen LogP contribution in [0.4, 0.5) is 5.13 Å². The van der Waals surface area contributed by atoms with E-state index in [1.807, 2.05) is 35.7 Å². The van der Waals surface area contributed by atoms with E-state index in [0.717, 1.165) is 16.9 Å². The quantitative estimate of drug-likeness (QED) is 0.196. The van der Waals surface area contributed by atoms with E-state index in [9.17, 15) is 19.5 Å². The monoisotopic (exact) mass is 486 g/mol. The number of carbonyl (C=O) groups is 3. The summed E-state index contributed by atoms with van der Waals surface area (Å²) in [5.74, 6) is -2.17. The number of hydrogen-bond acceptors (Lipinski definition) is 7. The Bertz CT molecular complexity index is 1560. The molecule has 35 heavy (non-hydrogen) atoms. The first-order valence-electron chi connectivity index (χ1n) is 11.0. The lowest BCUT2D eigenvalue weighted by Gasteiger charge is -2.22. The van der Waals surface area contributed by atoms with Gasteiger partial charge in [0.15, 0.2) is 16.7 Å². The summed E-state index contributed by atoms with van der Waals surface area (Å²) in [6.07, 6.45) is 1.83. The lowest BCUT2D eigenvalue weighted by molar-refractivity contribution is -0.132. The molecule has 1 unspecified atom stereocenters. The second-order valence-corrected chi connectivity index (χ2v) is 9.46. The van der Waals surface area contributed by atoms with Crippen LogP contribution in [-0.2, 0) is 9.59 Å². The zero-order valence-electron chi connectivity index (χ0n) is 19.6. The number of imidazole rings is 1. The summed E-state index contributed by atoms with van der Waals surface area (Å²) >= 11 is 1.06. The standard InChI is InChI=1S/C26H22N4O4S/c1-13-9-8-12-29-15(3)19(28-24(13)29)21(32)18-20(17-10-6-5-7-11-17)30(25(34)22(18)33)26-27-14(2)23(35-26)16(4)31/h5-12,20,32H,1-4H3/b21-18+. The van der Waals surface area contributed by atoms with Crippen LogP contribution in [-0.4, -0.2) is 36.9 Å². The average molecular weight is 487 g/mol. The molecule has 5 rings (SSSR count). The molecule has 0 bridgehead atoms. The third kappa shape index (κ3) is 3.47. The van der Waals surface area contributed by atoms with Gasteiger partial charge in [0.05, 0.1) is 27.9 Å². The number of ketones is 2. The van der Waals surface area contributed by atoms with Crippen molar-refractivity contribution in [3.05, 3.63) is 87.3 Å². The number of aliphatic hydroxyl groups excluding tert-OH is 1. The van der Waals surface area contributed by atoms with Gasteiger partial charge < -0.3 is 9.51 Å². The van der Waals surface area contributed by atoms with Gasteiger partial charge in [0.2, 0.25) is 0 Å². The summed E-state index contributed by atoms with van der Waals surface area (Å²) in [5, 5.41) is 11.7. The van der Waals surface area contributed by atoms with Crippen molar-refractivity contribution < 1.29 is 19.5 Å². The van der Waals surface area contributed by atoms with E-state index in [-0.39, 0.29) is 27.9 Å². The molecule has 4 heterocycles. The summed E-state index contributed by atoms with van der Waals surface area (Å²) < 4.78 is 1.83. The maximum absolute atomic E-state index is 13.4. The number of thiazole rings is 1. The van der Waals surface area contributed by atoms with E-state index >= 15 is 0 Å². The third-order valence-electron chi connectivity index (χ3n) is 6.18. The van der Waals surface area contributed by atoms with Gasteiger partial charge in [-0.15, -0.1) is 0 Å². The fourth-order valence-electron chi connectivity index (χ4n) is 4.47. The van der Waals surface area contributed by atoms with Crippen molar-refractivity contribution in [3.8, 4) is 0 Å². The van der Waals surface area contributed by atoms with Crippen LogP contribution >= 0.6 is 11.3 Å². The molecule has 3 aromatic heterocycles. The minimum atomic E-state index is -0.924. The Morgan fingerprint density at radius 3 is 2.37 bits per heavy atom. The number of Topliss-reactive ketones (excluding diaryl/α,β-unsaturated/α-hetero) is 2. The molecule has 0 saturated carbocycles. The van der Waals surface area contributed by atoms with Crippen LogP contribution in [0, 0.1) is 20.8 Å². The molecule has 0 spiro atoms. The van der Waals surface area contributed by atoms with E-state index < -0.39 is 17.7 Å². The van der Waals surface area contributed by atoms with Crippen molar-refractivity contribution in [2.75, 3.05) is 4.90 Å². The molecule has 0 aliphatic carbocycles. The molecule has 1 aliphatic rings. The van der Waals surface area contributed by atoms with Crippen LogP contribution in [0.5, 0.6) is 0 Å². The Kier molecular flexibility index (Phi) is 5.36. The topological polar surface area (TPSA) is 105 Å².